The van der Waals surface area contributed by atoms with Crippen molar-refractivity contribution in [1.29, 1.82) is 5.26 Å². The van der Waals surface area contributed by atoms with E-state index in [9.17, 15) is 0 Å². The van der Waals surface area contributed by atoms with Gasteiger partial charge in [0.05, 0.1) is 23.1 Å². The second kappa shape index (κ2) is 4.58. The zero-order valence-electron chi connectivity index (χ0n) is 10.0. The fourth-order valence-corrected chi connectivity index (χ4v) is 2.42. The van der Waals surface area contributed by atoms with Gasteiger partial charge in [0, 0.05) is 19.3 Å². The lowest BCUT2D eigenvalue weighted by molar-refractivity contribution is 0.412. The lowest BCUT2D eigenvalue weighted by Gasteiger charge is -2.22. The van der Waals surface area contributed by atoms with Gasteiger partial charge in [-0.25, -0.2) is 0 Å². The van der Waals surface area contributed by atoms with E-state index in [0.717, 1.165) is 35.3 Å². The van der Waals surface area contributed by atoms with Crippen LogP contribution < -0.4 is 9.64 Å². The van der Waals surface area contributed by atoms with Crippen molar-refractivity contribution >= 4 is 21.6 Å². The van der Waals surface area contributed by atoms with Crippen molar-refractivity contribution in [3.63, 3.8) is 0 Å². The van der Waals surface area contributed by atoms with Crippen LogP contribution in [-0.4, -0.2) is 20.7 Å². The number of halogens is 1. The van der Waals surface area contributed by atoms with E-state index < -0.39 is 0 Å². The van der Waals surface area contributed by atoms with Gasteiger partial charge in [-0.2, -0.15) is 5.26 Å². The van der Waals surface area contributed by atoms with Gasteiger partial charge < -0.3 is 9.64 Å². The number of anilines is 1. The van der Waals surface area contributed by atoms with Crippen molar-refractivity contribution in [3.05, 3.63) is 22.7 Å². The Balaban J connectivity index is 2.12. The summed E-state index contributed by atoms with van der Waals surface area (Å²) < 4.78 is 6.13. The van der Waals surface area contributed by atoms with Crippen LogP contribution in [0.3, 0.4) is 0 Å². The lowest BCUT2D eigenvalue weighted by Crippen LogP contribution is -2.25. The number of ether oxygens (including phenoxy) is 1. The molecule has 0 aromatic heterocycles. The van der Waals surface area contributed by atoms with Gasteiger partial charge in [0.1, 0.15) is 5.75 Å². The molecule has 17 heavy (non-hydrogen) atoms. The third kappa shape index (κ3) is 2.55. The predicted molar refractivity (Wildman–Crippen MR) is 71.2 cm³/mol. The van der Waals surface area contributed by atoms with Crippen LogP contribution in [0.4, 0.5) is 5.69 Å². The molecule has 90 valence electrons. The summed E-state index contributed by atoms with van der Waals surface area (Å²) in [5.41, 5.74) is 0.987. The second-order valence-electron chi connectivity index (χ2n) is 4.57. The SMILES string of the molecule is COc1ccc(N(C)CC2(C#N)CC2)cc1Br. The molecule has 0 aliphatic heterocycles. The standard InChI is InChI=1S/C13H15BrN2O/c1-16(9-13(8-15)5-6-13)10-3-4-12(17-2)11(14)7-10/h3-4,7H,5-6,9H2,1-2H3. The maximum atomic E-state index is 9.08. The molecule has 0 heterocycles. The summed E-state index contributed by atoms with van der Waals surface area (Å²) in [5, 5.41) is 9.08. The van der Waals surface area contributed by atoms with Crippen LogP contribution in [-0.2, 0) is 0 Å². The molecule has 4 heteroatoms. The summed E-state index contributed by atoms with van der Waals surface area (Å²) in [7, 11) is 3.67. The fraction of sp³-hybridized carbons (Fsp3) is 0.462. The van der Waals surface area contributed by atoms with Crippen LogP contribution in [0.25, 0.3) is 0 Å². The molecular formula is C13H15BrN2O. The van der Waals surface area contributed by atoms with Crippen molar-refractivity contribution < 1.29 is 4.74 Å². The summed E-state index contributed by atoms with van der Waals surface area (Å²) in [6, 6.07) is 8.38. The first kappa shape index (κ1) is 12.3. The number of rotatable bonds is 4. The van der Waals surface area contributed by atoms with E-state index in [-0.39, 0.29) is 5.41 Å². The molecule has 0 spiro atoms. The highest BCUT2D eigenvalue weighted by molar-refractivity contribution is 9.10. The van der Waals surface area contributed by atoms with Crippen molar-refractivity contribution in [3.8, 4) is 11.8 Å². The van der Waals surface area contributed by atoms with E-state index in [1.807, 2.05) is 25.2 Å². The zero-order valence-corrected chi connectivity index (χ0v) is 11.6. The molecule has 0 radical (unpaired) electrons. The second-order valence-corrected chi connectivity index (χ2v) is 5.42. The van der Waals surface area contributed by atoms with Crippen LogP contribution in [0.5, 0.6) is 5.75 Å². The number of hydrogen-bond donors (Lipinski definition) is 0. The van der Waals surface area contributed by atoms with Crippen LogP contribution in [0.15, 0.2) is 22.7 Å². The maximum Gasteiger partial charge on any atom is 0.133 e. The number of nitriles is 1. The minimum absolute atomic E-state index is 0.110. The molecule has 0 atom stereocenters. The predicted octanol–water partition coefficient (Wildman–Crippen LogP) is 3.20. The van der Waals surface area contributed by atoms with Gasteiger partial charge in [-0.1, -0.05) is 0 Å². The number of benzene rings is 1. The minimum Gasteiger partial charge on any atom is -0.496 e. The van der Waals surface area contributed by atoms with Gasteiger partial charge in [0.15, 0.2) is 0 Å². The van der Waals surface area contributed by atoms with Crippen LogP contribution in [0, 0.1) is 16.7 Å². The molecule has 1 aromatic carbocycles. The molecule has 3 nitrogen and oxygen atoms in total. The van der Waals surface area contributed by atoms with E-state index in [1.54, 1.807) is 7.11 Å². The normalized spacial score (nSPS) is 16.1. The summed E-state index contributed by atoms with van der Waals surface area (Å²) in [6.07, 6.45) is 2.04. The van der Waals surface area contributed by atoms with E-state index in [4.69, 9.17) is 10.00 Å². The highest BCUT2D eigenvalue weighted by atomic mass is 79.9. The fourth-order valence-electron chi connectivity index (χ4n) is 1.89. The number of hydrogen-bond acceptors (Lipinski definition) is 3. The van der Waals surface area contributed by atoms with Crippen molar-refractivity contribution in [1.82, 2.24) is 0 Å². The quantitative estimate of drug-likeness (QED) is 0.856. The van der Waals surface area contributed by atoms with Crippen molar-refractivity contribution in [2.45, 2.75) is 12.8 Å². The molecule has 1 saturated carbocycles. The molecule has 0 amide bonds. The van der Waals surface area contributed by atoms with Crippen LogP contribution in [0.2, 0.25) is 0 Å². The molecule has 0 unspecified atom stereocenters. The lowest BCUT2D eigenvalue weighted by atomic mass is 10.1. The molecule has 1 aliphatic carbocycles. The summed E-state index contributed by atoms with van der Waals surface area (Å²) in [4.78, 5) is 2.13. The van der Waals surface area contributed by atoms with Crippen LogP contribution >= 0.6 is 15.9 Å². The Morgan fingerprint density at radius 3 is 2.71 bits per heavy atom. The van der Waals surface area contributed by atoms with E-state index >= 15 is 0 Å². The largest absolute Gasteiger partial charge is 0.496 e. The van der Waals surface area contributed by atoms with E-state index in [0.29, 0.717) is 0 Å². The van der Waals surface area contributed by atoms with Gasteiger partial charge >= 0.3 is 0 Å². The topological polar surface area (TPSA) is 36.3 Å². The molecule has 1 fully saturated rings. The monoisotopic (exact) mass is 294 g/mol. The summed E-state index contributed by atoms with van der Waals surface area (Å²) >= 11 is 3.47. The molecular weight excluding hydrogens is 280 g/mol. The highest BCUT2D eigenvalue weighted by Crippen LogP contribution is 2.46. The Bertz CT molecular complexity index is 463. The average Bonchev–Trinajstić information content (AvgIpc) is 3.09. The Morgan fingerprint density at radius 1 is 1.53 bits per heavy atom. The summed E-state index contributed by atoms with van der Waals surface area (Å²) in [5.74, 6) is 0.823. The number of methoxy groups -OCH3 is 1. The van der Waals surface area contributed by atoms with Gasteiger partial charge in [0.2, 0.25) is 0 Å². The molecule has 2 rings (SSSR count). The first-order chi connectivity index (χ1) is 8.10. The van der Waals surface area contributed by atoms with Gasteiger partial charge in [0.25, 0.3) is 0 Å². The van der Waals surface area contributed by atoms with Crippen molar-refractivity contribution in [2.75, 3.05) is 25.6 Å². The Hall–Kier alpha value is -1.21. The maximum absolute atomic E-state index is 9.08. The van der Waals surface area contributed by atoms with E-state index in [2.05, 4.69) is 26.9 Å². The molecule has 1 aliphatic rings. The first-order valence-electron chi connectivity index (χ1n) is 5.56. The van der Waals surface area contributed by atoms with Gasteiger partial charge in [-0.15, -0.1) is 0 Å². The Morgan fingerprint density at radius 2 is 2.24 bits per heavy atom. The van der Waals surface area contributed by atoms with Crippen molar-refractivity contribution in [2.24, 2.45) is 5.41 Å². The molecule has 0 bridgehead atoms. The molecule has 0 N–H and O–H groups in total. The smallest absolute Gasteiger partial charge is 0.133 e. The van der Waals surface area contributed by atoms with Gasteiger partial charge in [-0.05, 0) is 47.0 Å². The third-order valence-corrected chi connectivity index (χ3v) is 3.83. The third-order valence-electron chi connectivity index (χ3n) is 3.21. The molecule has 1 aromatic rings. The first-order valence-corrected chi connectivity index (χ1v) is 6.35. The molecule has 0 saturated heterocycles. The van der Waals surface area contributed by atoms with E-state index in [1.165, 1.54) is 0 Å². The zero-order chi connectivity index (χ0) is 12.5. The highest BCUT2D eigenvalue weighted by Gasteiger charge is 2.44. The number of nitrogens with zero attached hydrogens (tertiary/aromatic N) is 2. The summed E-state index contributed by atoms with van der Waals surface area (Å²) in [6.45, 7) is 0.794. The minimum atomic E-state index is -0.110. The Kier molecular flexibility index (Phi) is 3.30. The average molecular weight is 295 g/mol. The Labute approximate surface area is 110 Å². The van der Waals surface area contributed by atoms with Crippen LogP contribution in [0.1, 0.15) is 12.8 Å². The van der Waals surface area contributed by atoms with Gasteiger partial charge in [-0.3, -0.25) is 0 Å².